The minimum Gasteiger partial charge on any atom is -0.229 e. The van der Waals surface area contributed by atoms with E-state index in [0.717, 1.165) is 0 Å². The summed E-state index contributed by atoms with van der Waals surface area (Å²) in [7, 11) is -2.66. The summed E-state index contributed by atoms with van der Waals surface area (Å²) in [6, 6.07) is 12.0. The summed E-state index contributed by atoms with van der Waals surface area (Å²) < 4.78 is 20.0. The summed E-state index contributed by atoms with van der Waals surface area (Å²) in [5.41, 5.74) is 0. The highest BCUT2D eigenvalue weighted by molar-refractivity contribution is 7.90. The third kappa shape index (κ3) is 9.17. The van der Waals surface area contributed by atoms with Crippen LogP contribution in [-0.2, 0) is 9.84 Å². The number of rotatable bonds is 1. The van der Waals surface area contributed by atoms with Crippen molar-refractivity contribution in [2.75, 3.05) is 12.0 Å². The Hall–Kier alpha value is -0.830. The molecule has 2 nitrogen and oxygen atoms in total. The lowest BCUT2D eigenvalue weighted by Gasteiger charge is -1.81. The Morgan fingerprint density at radius 2 is 1.08 bits per heavy atom. The predicted octanol–water partition coefficient (Wildman–Crippen LogP) is 1.74. The maximum atomic E-state index is 10.0. The molecule has 1 aromatic rings. The van der Waals surface area contributed by atoms with Crippen molar-refractivity contribution in [3.8, 4) is 0 Å². The summed E-state index contributed by atoms with van der Waals surface area (Å²) in [5, 5.41) is 0. The predicted molar refractivity (Wildman–Crippen MR) is 51.8 cm³/mol. The molecule has 0 heterocycles. The summed E-state index contributed by atoms with van der Waals surface area (Å²) in [6.45, 7) is 1.62. The third-order valence-electron chi connectivity index (χ3n) is 1.19. The lowest BCUT2D eigenvalue weighted by atomic mass is 10.4. The van der Waals surface area contributed by atoms with Gasteiger partial charge in [0.1, 0.15) is 9.84 Å². The molecule has 0 aliphatic rings. The molecule has 0 bridgehead atoms. The van der Waals surface area contributed by atoms with Gasteiger partial charge in [0.25, 0.3) is 0 Å². The highest BCUT2D eigenvalue weighted by Crippen LogP contribution is 1.79. The fraction of sp³-hybridized carbons (Fsp3) is 0.333. The van der Waals surface area contributed by atoms with Crippen LogP contribution in [0.4, 0.5) is 0 Å². The summed E-state index contributed by atoms with van der Waals surface area (Å²) in [6.07, 6.45) is 1.22. The van der Waals surface area contributed by atoms with Gasteiger partial charge < -0.3 is 0 Å². The molecule has 0 radical (unpaired) electrons. The van der Waals surface area contributed by atoms with E-state index in [1.807, 2.05) is 36.4 Å². The van der Waals surface area contributed by atoms with Crippen LogP contribution in [-0.4, -0.2) is 20.4 Å². The molecule has 0 unspecified atom stereocenters. The maximum absolute atomic E-state index is 10.0. The Labute approximate surface area is 74.2 Å². The van der Waals surface area contributed by atoms with Crippen molar-refractivity contribution in [2.24, 2.45) is 0 Å². The first-order valence-corrected chi connectivity index (χ1v) is 5.80. The van der Waals surface area contributed by atoms with Crippen LogP contribution in [0.2, 0.25) is 0 Å². The number of hydrogen-bond acceptors (Lipinski definition) is 2. The molecular weight excluding hydrogens is 172 g/mol. The number of sulfone groups is 1. The lowest BCUT2D eigenvalue weighted by molar-refractivity contribution is 0.603. The summed E-state index contributed by atoms with van der Waals surface area (Å²) >= 11 is 0. The summed E-state index contributed by atoms with van der Waals surface area (Å²) in [5.74, 6) is 0.243. The van der Waals surface area contributed by atoms with E-state index >= 15 is 0 Å². The Kier molecular flexibility index (Phi) is 5.37. The Morgan fingerprint density at radius 1 is 0.917 bits per heavy atom. The molecule has 0 aliphatic heterocycles. The SMILES string of the molecule is CCS(C)(=O)=O.c1ccccc1. The fourth-order valence-corrected chi connectivity index (χ4v) is 0.385. The van der Waals surface area contributed by atoms with E-state index in [0.29, 0.717) is 0 Å². The molecule has 12 heavy (non-hydrogen) atoms. The fourth-order valence-electron chi connectivity index (χ4n) is 0.385. The molecule has 3 heteroatoms. The lowest BCUT2D eigenvalue weighted by Crippen LogP contribution is -1.96. The topological polar surface area (TPSA) is 34.1 Å². The second kappa shape index (κ2) is 5.77. The van der Waals surface area contributed by atoms with E-state index in [1.54, 1.807) is 6.92 Å². The largest absolute Gasteiger partial charge is 0.229 e. The second-order valence-corrected chi connectivity index (χ2v) is 4.80. The molecule has 0 atom stereocenters. The molecule has 0 spiro atoms. The maximum Gasteiger partial charge on any atom is 0.147 e. The van der Waals surface area contributed by atoms with E-state index < -0.39 is 9.84 Å². The van der Waals surface area contributed by atoms with Gasteiger partial charge in [-0.3, -0.25) is 0 Å². The Morgan fingerprint density at radius 3 is 1.17 bits per heavy atom. The molecule has 0 amide bonds. The molecular formula is C9H14O2S. The van der Waals surface area contributed by atoms with Crippen molar-refractivity contribution in [1.29, 1.82) is 0 Å². The molecule has 0 saturated carbocycles. The van der Waals surface area contributed by atoms with E-state index in [4.69, 9.17) is 0 Å². The molecule has 0 saturated heterocycles. The van der Waals surface area contributed by atoms with Crippen LogP contribution in [0.15, 0.2) is 36.4 Å². The second-order valence-electron chi connectivity index (χ2n) is 2.37. The zero-order valence-electron chi connectivity index (χ0n) is 7.40. The van der Waals surface area contributed by atoms with Gasteiger partial charge in [-0.1, -0.05) is 43.3 Å². The van der Waals surface area contributed by atoms with Gasteiger partial charge in [0.2, 0.25) is 0 Å². The minimum absolute atomic E-state index is 0.243. The van der Waals surface area contributed by atoms with E-state index in [9.17, 15) is 8.42 Å². The number of hydrogen-bond donors (Lipinski definition) is 0. The van der Waals surface area contributed by atoms with Gasteiger partial charge in [-0.25, -0.2) is 8.42 Å². The Bertz CT molecular complexity index is 250. The molecule has 0 fully saturated rings. The van der Waals surface area contributed by atoms with E-state index in [-0.39, 0.29) is 5.75 Å². The standard InChI is InChI=1S/C6H6.C3H8O2S/c1-2-4-6-5-3-1;1-3-6(2,4)5/h1-6H;3H2,1-2H3. The van der Waals surface area contributed by atoms with Crippen LogP contribution in [0.1, 0.15) is 6.92 Å². The minimum atomic E-state index is -2.66. The van der Waals surface area contributed by atoms with Gasteiger partial charge in [-0.15, -0.1) is 0 Å². The van der Waals surface area contributed by atoms with Gasteiger partial charge in [0.15, 0.2) is 0 Å². The average molecular weight is 186 g/mol. The van der Waals surface area contributed by atoms with Crippen LogP contribution in [0.3, 0.4) is 0 Å². The quantitative estimate of drug-likeness (QED) is 0.669. The van der Waals surface area contributed by atoms with Crippen molar-refractivity contribution in [2.45, 2.75) is 6.92 Å². The van der Waals surface area contributed by atoms with Crippen molar-refractivity contribution in [3.63, 3.8) is 0 Å². The highest BCUT2D eigenvalue weighted by atomic mass is 32.2. The first-order chi connectivity index (χ1) is 5.56. The van der Waals surface area contributed by atoms with Crippen LogP contribution in [0.5, 0.6) is 0 Å². The van der Waals surface area contributed by atoms with Crippen LogP contribution >= 0.6 is 0 Å². The number of benzene rings is 1. The van der Waals surface area contributed by atoms with Crippen LogP contribution in [0.25, 0.3) is 0 Å². The van der Waals surface area contributed by atoms with Crippen LogP contribution < -0.4 is 0 Å². The molecule has 0 aliphatic carbocycles. The van der Waals surface area contributed by atoms with Crippen molar-refractivity contribution in [3.05, 3.63) is 36.4 Å². The zero-order valence-corrected chi connectivity index (χ0v) is 8.21. The van der Waals surface area contributed by atoms with Gasteiger partial charge >= 0.3 is 0 Å². The zero-order chi connectivity index (χ0) is 9.45. The van der Waals surface area contributed by atoms with E-state index in [1.165, 1.54) is 6.26 Å². The smallest absolute Gasteiger partial charge is 0.147 e. The van der Waals surface area contributed by atoms with Gasteiger partial charge in [0.05, 0.1) is 0 Å². The van der Waals surface area contributed by atoms with Gasteiger partial charge in [-0.05, 0) is 0 Å². The molecule has 0 N–H and O–H groups in total. The molecule has 1 rings (SSSR count). The highest BCUT2D eigenvalue weighted by Gasteiger charge is 1.90. The third-order valence-corrected chi connectivity index (χ3v) is 2.24. The first-order valence-electron chi connectivity index (χ1n) is 3.74. The van der Waals surface area contributed by atoms with E-state index in [2.05, 4.69) is 0 Å². The van der Waals surface area contributed by atoms with Crippen molar-refractivity contribution in [1.82, 2.24) is 0 Å². The van der Waals surface area contributed by atoms with Crippen molar-refractivity contribution >= 4 is 9.84 Å². The summed E-state index contributed by atoms with van der Waals surface area (Å²) in [4.78, 5) is 0. The Balaban J connectivity index is 0.000000202. The normalized spacial score (nSPS) is 9.83. The van der Waals surface area contributed by atoms with Gasteiger partial charge in [-0.2, -0.15) is 0 Å². The first kappa shape index (κ1) is 11.2. The van der Waals surface area contributed by atoms with Gasteiger partial charge in [0, 0.05) is 12.0 Å². The average Bonchev–Trinajstić information content (AvgIpc) is 2.07. The van der Waals surface area contributed by atoms with Crippen molar-refractivity contribution < 1.29 is 8.42 Å². The molecule has 1 aromatic carbocycles. The molecule has 68 valence electrons. The monoisotopic (exact) mass is 186 g/mol. The molecule has 0 aromatic heterocycles. The van der Waals surface area contributed by atoms with Crippen LogP contribution in [0, 0.1) is 0 Å².